The third-order valence-corrected chi connectivity index (χ3v) is 3.27. The highest BCUT2D eigenvalue weighted by molar-refractivity contribution is 5.83. The molecule has 0 saturated heterocycles. The van der Waals surface area contributed by atoms with Crippen molar-refractivity contribution in [2.45, 2.75) is 31.6 Å². The van der Waals surface area contributed by atoms with Crippen molar-refractivity contribution in [1.29, 1.82) is 0 Å². The summed E-state index contributed by atoms with van der Waals surface area (Å²) in [6, 6.07) is 5.81. The van der Waals surface area contributed by atoms with Crippen molar-refractivity contribution >= 4 is 11.9 Å². The molecule has 1 aliphatic rings. The lowest BCUT2D eigenvalue weighted by molar-refractivity contribution is -0.189. The summed E-state index contributed by atoms with van der Waals surface area (Å²) in [7, 11) is 0. The number of benzene rings is 1. The number of carbonyl (C=O) groups is 2. The van der Waals surface area contributed by atoms with E-state index in [0.29, 0.717) is 10.5 Å². The molecule has 108 valence electrons. The molecule has 1 aromatic rings. The van der Waals surface area contributed by atoms with Gasteiger partial charge >= 0.3 is 18.1 Å². The van der Waals surface area contributed by atoms with Crippen molar-refractivity contribution in [2.24, 2.45) is 0 Å². The van der Waals surface area contributed by atoms with Gasteiger partial charge in [0, 0.05) is 12.6 Å². The maximum absolute atomic E-state index is 12.6. The van der Waals surface area contributed by atoms with Crippen LogP contribution in [0.1, 0.15) is 17.5 Å². The Hall–Kier alpha value is -2.05. The van der Waals surface area contributed by atoms with E-state index in [2.05, 4.69) is 0 Å². The van der Waals surface area contributed by atoms with Crippen molar-refractivity contribution in [3.8, 4) is 0 Å². The molecular formula is C13H12F3NO3. The van der Waals surface area contributed by atoms with Crippen molar-refractivity contribution in [1.82, 2.24) is 4.90 Å². The Morgan fingerprint density at radius 1 is 1.25 bits per heavy atom. The SMILES string of the molecule is O=C(O)C[C@H]1Cc2ccccc2CN1C(=O)C(F)(F)F. The van der Waals surface area contributed by atoms with Gasteiger partial charge in [-0.1, -0.05) is 24.3 Å². The van der Waals surface area contributed by atoms with Crippen LogP contribution in [0.15, 0.2) is 24.3 Å². The summed E-state index contributed by atoms with van der Waals surface area (Å²) in [6.45, 7) is -0.216. The zero-order valence-electron chi connectivity index (χ0n) is 10.4. The second-order valence-corrected chi connectivity index (χ2v) is 4.66. The summed E-state index contributed by atoms with van der Waals surface area (Å²) in [5.41, 5.74) is 1.40. The minimum Gasteiger partial charge on any atom is -0.481 e. The molecule has 0 saturated carbocycles. The molecule has 0 fully saturated rings. The fourth-order valence-electron chi connectivity index (χ4n) is 2.37. The van der Waals surface area contributed by atoms with Crippen LogP contribution in [-0.4, -0.2) is 34.1 Å². The lowest BCUT2D eigenvalue weighted by atomic mass is 9.92. The zero-order valence-corrected chi connectivity index (χ0v) is 10.4. The molecule has 2 rings (SSSR count). The predicted octanol–water partition coefficient (Wildman–Crippen LogP) is 1.98. The molecule has 1 atom stereocenters. The average molecular weight is 287 g/mol. The largest absolute Gasteiger partial charge is 0.481 e. The third-order valence-electron chi connectivity index (χ3n) is 3.27. The fourth-order valence-corrected chi connectivity index (χ4v) is 2.37. The van der Waals surface area contributed by atoms with E-state index in [4.69, 9.17) is 5.11 Å². The standard InChI is InChI=1S/C13H12F3NO3/c14-13(15,16)12(20)17-7-9-4-2-1-3-8(9)5-10(17)6-11(18)19/h1-4,10H,5-7H2,(H,18,19)/t10-/m1/s1. The maximum atomic E-state index is 12.6. The Balaban J connectivity index is 2.32. The van der Waals surface area contributed by atoms with E-state index in [0.717, 1.165) is 5.56 Å². The van der Waals surface area contributed by atoms with Gasteiger partial charge < -0.3 is 10.0 Å². The summed E-state index contributed by atoms with van der Waals surface area (Å²) >= 11 is 0. The van der Waals surface area contributed by atoms with Crippen LogP contribution in [-0.2, 0) is 22.6 Å². The quantitative estimate of drug-likeness (QED) is 0.904. The smallest absolute Gasteiger partial charge is 0.471 e. The summed E-state index contributed by atoms with van der Waals surface area (Å²) < 4.78 is 37.7. The molecule has 1 aromatic carbocycles. The van der Waals surface area contributed by atoms with Gasteiger partial charge in [-0.05, 0) is 17.5 Å². The van der Waals surface area contributed by atoms with Crippen LogP contribution in [0.3, 0.4) is 0 Å². The summed E-state index contributed by atoms with van der Waals surface area (Å²) in [5, 5.41) is 8.80. The van der Waals surface area contributed by atoms with Gasteiger partial charge in [-0.15, -0.1) is 0 Å². The molecule has 0 radical (unpaired) electrons. The average Bonchev–Trinajstić information content (AvgIpc) is 2.35. The number of alkyl halides is 3. The number of carboxylic acid groups (broad SMARTS) is 1. The number of rotatable bonds is 2. The minimum absolute atomic E-state index is 0.115. The number of hydrogen-bond donors (Lipinski definition) is 1. The highest BCUT2D eigenvalue weighted by Crippen LogP contribution is 2.29. The molecule has 4 nitrogen and oxygen atoms in total. The van der Waals surface area contributed by atoms with Crippen LogP contribution >= 0.6 is 0 Å². The van der Waals surface area contributed by atoms with Gasteiger partial charge in [-0.25, -0.2) is 0 Å². The van der Waals surface area contributed by atoms with E-state index in [9.17, 15) is 22.8 Å². The Morgan fingerprint density at radius 3 is 2.40 bits per heavy atom. The van der Waals surface area contributed by atoms with Crippen LogP contribution in [0.5, 0.6) is 0 Å². The normalized spacial score (nSPS) is 18.6. The Labute approximate surface area is 112 Å². The molecule has 20 heavy (non-hydrogen) atoms. The lowest BCUT2D eigenvalue weighted by Crippen LogP contribution is -2.50. The molecule has 7 heteroatoms. The minimum atomic E-state index is -5.00. The van der Waals surface area contributed by atoms with Crippen molar-refractivity contribution in [3.63, 3.8) is 0 Å². The van der Waals surface area contributed by atoms with Gasteiger partial charge in [0.15, 0.2) is 0 Å². The van der Waals surface area contributed by atoms with Crippen molar-refractivity contribution in [3.05, 3.63) is 35.4 Å². The van der Waals surface area contributed by atoms with Crippen LogP contribution in [0, 0.1) is 0 Å². The number of carboxylic acids is 1. The first-order valence-corrected chi connectivity index (χ1v) is 5.95. The zero-order chi connectivity index (χ0) is 14.9. The molecule has 1 N–H and O–H groups in total. The Kier molecular flexibility index (Phi) is 3.69. The Morgan fingerprint density at radius 2 is 1.85 bits per heavy atom. The lowest BCUT2D eigenvalue weighted by Gasteiger charge is -2.36. The van der Waals surface area contributed by atoms with Gasteiger partial charge in [0.05, 0.1) is 6.42 Å². The molecule has 0 unspecified atom stereocenters. The number of aliphatic carboxylic acids is 1. The molecule has 1 aliphatic heterocycles. The van der Waals surface area contributed by atoms with Gasteiger partial charge in [0.25, 0.3) is 0 Å². The summed E-state index contributed by atoms with van der Waals surface area (Å²) in [4.78, 5) is 22.8. The van der Waals surface area contributed by atoms with Gasteiger partial charge in [0.1, 0.15) is 0 Å². The topological polar surface area (TPSA) is 57.6 Å². The summed E-state index contributed by atoms with van der Waals surface area (Å²) in [6.07, 6.45) is -5.39. The molecule has 1 heterocycles. The molecule has 1 amide bonds. The van der Waals surface area contributed by atoms with Gasteiger partial charge in [-0.3, -0.25) is 9.59 Å². The monoisotopic (exact) mass is 287 g/mol. The molecular weight excluding hydrogens is 275 g/mol. The van der Waals surface area contributed by atoms with Crippen LogP contribution in [0.2, 0.25) is 0 Å². The van der Waals surface area contributed by atoms with Gasteiger partial charge in [0.2, 0.25) is 0 Å². The predicted molar refractivity (Wildman–Crippen MR) is 62.8 cm³/mol. The van der Waals surface area contributed by atoms with E-state index in [1.807, 2.05) is 0 Å². The first-order chi connectivity index (χ1) is 9.29. The maximum Gasteiger partial charge on any atom is 0.471 e. The number of nitrogens with zero attached hydrogens (tertiary/aromatic N) is 1. The van der Waals surface area contributed by atoms with E-state index in [1.54, 1.807) is 24.3 Å². The first kappa shape index (κ1) is 14.4. The number of carbonyl (C=O) groups excluding carboxylic acids is 1. The highest BCUT2D eigenvalue weighted by Gasteiger charge is 2.46. The van der Waals surface area contributed by atoms with Crippen molar-refractivity contribution in [2.75, 3.05) is 0 Å². The first-order valence-electron chi connectivity index (χ1n) is 5.95. The number of halogens is 3. The van der Waals surface area contributed by atoms with E-state index >= 15 is 0 Å². The van der Waals surface area contributed by atoms with Crippen LogP contribution in [0.4, 0.5) is 13.2 Å². The molecule has 0 bridgehead atoms. The van der Waals surface area contributed by atoms with Gasteiger partial charge in [-0.2, -0.15) is 13.2 Å². The molecule has 0 aliphatic carbocycles. The molecule has 0 aromatic heterocycles. The molecule has 0 spiro atoms. The second-order valence-electron chi connectivity index (χ2n) is 4.66. The number of fused-ring (bicyclic) bond motifs is 1. The number of amides is 1. The van der Waals surface area contributed by atoms with E-state index in [-0.39, 0.29) is 13.0 Å². The fraction of sp³-hybridized carbons (Fsp3) is 0.385. The number of hydrogen-bond acceptors (Lipinski definition) is 2. The Bertz CT molecular complexity index is 542. The summed E-state index contributed by atoms with van der Waals surface area (Å²) in [5.74, 6) is -3.22. The van der Waals surface area contributed by atoms with E-state index in [1.165, 1.54) is 0 Å². The third kappa shape index (κ3) is 2.92. The van der Waals surface area contributed by atoms with E-state index < -0.39 is 30.5 Å². The highest BCUT2D eigenvalue weighted by atomic mass is 19.4. The second kappa shape index (κ2) is 5.15. The van der Waals surface area contributed by atoms with Crippen molar-refractivity contribution < 1.29 is 27.9 Å². The van der Waals surface area contributed by atoms with Crippen LogP contribution in [0.25, 0.3) is 0 Å². The van der Waals surface area contributed by atoms with Crippen LogP contribution < -0.4 is 0 Å².